The van der Waals surface area contributed by atoms with Crippen molar-refractivity contribution in [1.29, 1.82) is 0 Å². The van der Waals surface area contributed by atoms with E-state index in [9.17, 15) is 4.79 Å². The van der Waals surface area contributed by atoms with E-state index in [0.29, 0.717) is 6.42 Å². The Morgan fingerprint density at radius 1 is 1.64 bits per heavy atom. The Hall–Kier alpha value is -0.440. The third kappa shape index (κ3) is 1.99. The van der Waals surface area contributed by atoms with Crippen LogP contribution in [0.1, 0.15) is 25.7 Å². The number of nitrogens with zero attached hydrogens (tertiary/aromatic N) is 1. The number of hydrogen-bond acceptors (Lipinski definition) is 2. The van der Waals surface area contributed by atoms with E-state index in [1.54, 1.807) is 11.1 Å². The molecule has 1 saturated heterocycles. The van der Waals surface area contributed by atoms with Crippen LogP contribution in [0.4, 0.5) is 0 Å². The van der Waals surface area contributed by atoms with E-state index in [2.05, 4.69) is 19.2 Å². The van der Waals surface area contributed by atoms with Gasteiger partial charge in [-0.25, -0.2) is 0 Å². The smallest absolute Gasteiger partial charge is 0.227 e. The molecule has 1 unspecified atom stereocenters. The average Bonchev–Trinajstić information content (AvgIpc) is 2.12. The minimum absolute atomic E-state index is 0.0440. The van der Waals surface area contributed by atoms with Crippen molar-refractivity contribution >= 4 is 18.5 Å². The monoisotopic (exact) mass is 171 g/mol. The molecule has 0 aromatic rings. The molecular formula is C8H13NOS. The van der Waals surface area contributed by atoms with E-state index in [1.165, 1.54) is 0 Å². The molecule has 1 amide bonds. The zero-order valence-electron chi connectivity index (χ0n) is 6.49. The molecule has 62 valence electrons. The molecule has 1 heterocycles. The van der Waals surface area contributed by atoms with Crippen LogP contribution in [0.5, 0.6) is 0 Å². The largest absolute Gasteiger partial charge is 0.307 e. The summed E-state index contributed by atoms with van der Waals surface area (Å²) in [4.78, 5) is 12.9. The quantitative estimate of drug-likeness (QED) is 0.596. The lowest BCUT2D eigenvalue weighted by Gasteiger charge is -2.21. The number of likely N-dealkylation sites (tertiary alicyclic amines) is 1. The lowest BCUT2D eigenvalue weighted by molar-refractivity contribution is -0.128. The summed E-state index contributed by atoms with van der Waals surface area (Å²) in [5.74, 6) is 0.150. The first-order valence-electron chi connectivity index (χ1n) is 3.87. The molecule has 0 aromatic heterocycles. The molecule has 2 nitrogen and oxygen atoms in total. The maximum Gasteiger partial charge on any atom is 0.227 e. The Kier molecular flexibility index (Phi) is 3.00. The molecule has 3 heteroatoms. The molecule has 0 aromatic carbocycles. The maximum atomic E-state index is 11.3. The topological polar surface area (TPSA) is 20.3 Å². The van der Waals surface area contributed by atoms with Crippen molar-refractivity contribution in [3.8, 4) is 0 Å². The van der Waals surface area contributed by atoms with Gasteiger partial charge in [0.2, 0.25) is 5.91 Å². The summed E-state index contributed by atoms with van der Waals surface area (Å²) in [5, 5.41) is 0.0440. The predicted octanol–water partition coefficient (Wildman–Crippen LogP) is 1.79. The molecule has 1 fully saturated rings. The zero-order chi connectivity index (χ0) is 8.27. The van der Waals surface area contributed by atoms with Gasteiger partial charge >= 0.3 is 0 Å². The van der Waals surface area contributed by atoms with E-state index >= 15 is 0 Å². The molecule has 0 N–H and O–H groups in total. The Bertz CT molecular complexity index is 169. The van der Waals surface area contributed by atoms with Crippen LogP contribution in [-0.2, 0) is 4.79 Å². The van der Waals surface area contributed by atoms with Gasteiger partial charge in [-0.2, -0.15) is 12.6 Å². The van der Waals surface area contributed by atoms with Crippen molar-refractivity contribution in [3.05, 3.63) is 12.8 Å². The van der Waals surface area contributed by atoms with Crippen LogP contribution in [-0.4, -0.2) is 16.2 Å². The third-order valence-corrected chi connectivity index (χ3v) is 2.42. The number of carbonyl (C=O) groups excluding carboxylic acids is 1. The van der Waals surface area contributed by atoms with Gasteiger partial charge in [-0.1, -0.05) is 13.0 Å². The van der Waals surface area contributed by atoms with Gasteiger partial charge < -0.3 is 4.90 Å². The molecule has 11 heavy (non-hydrogen) atoms. The molecule has 1 rings (SSSR count). The fourth-order valence-electron chi connectivity index (χ4n) is 1.26. The van der Waals surface area contributed by atoms with Gasteiger partial charge in [0.1, 0.15) is 0 Å². The summed E-state index contributed by atoms with van der Waals surface area (Å²) in [5.41, 5.74) is 0. The number of rotatable bonds is 1. The first-order chi connectivity index (χ1) is 5.25. The van der Waals surface area contributed by atoms with Crippen molar-refractivity contribution in [3.63, 3.8) is 0 Å². The van der Waals surface area contributed by atoms with E-state index < -0.39 is 0 Å². The summed E-state index contributed by atoms with van der Waals surface area (Å²) in [6.07, 6.45) is 5.26. The molecule has 0 saturated carbocycles. The Balaban J connectivity index is 2.66. The maximum absolute atomic E-state index is 11.3. The van der Waals surface area contributed by atoms with E-state index in [-0.39, 0.29) is 11.3 Å². The molecule has 0 spiro atoms. The Morgan fingerprint density at radius 2 is 2.36 bits per heavy atom. The molecule has 1 aliphatic rings. The van der Waals surface area contributed by atoms with Crippen molar-refractivity contribution in [2.75, 3.05) is 0 Å². The third-order valence-electron chi connectivity index (χ3n) is 1.91. The fraction of sp³-hybridized carbons (Fsp3) is 0.625. The minimum Gasteiger partial charge on any atom is -0.307 e. The molecule has 1 aliphatic heterocycles. The molecule has 1 atom stereocenters. The molecule has 0 radical (unpaired) electrons. The van der Waals surface area contributed by atoms with Crippen LogP contribution >= 0.6 is 12.6 Å². The van der Waals surface area contributed by atoms with Crippen molar-refractivity contribution in [1.82, 2.24) is 4.90 Å². The summed E-state index contributed by atoms with van der Waals surface area (Å²) in [6.45, 7) is 3.58. The van der Waals surface area contributed by atoms with Crippen molar-refractivity contribution < 1.29 is 4.79 Å². The van der Waals surface area contributed by atoms with Gasteiger partial charge in [0, 0.05) is 12.6 Å². The molecule has 0 aliphatic carbocycles. The SMILES string of the molecule is C=CN1C(=O)CCCCC1S. The van der Waals surface area contributed by atoms with Crippen LogP contribution in [0, 0.1) is 0 Å². The van der Waals surface area contributed by atoms with Crippen LogP contribution in [0.15, 0.2) is 12.8 Å². The van der Waals surface area contributed by atoms with E-state index in [0.717, 1.165) is 19.3 Å². The lowest BCUT2D eigenvalue weighted by Crippen LogP contribution is -2.30. The highest BCUT2D eigenvalue weighted by Gasteiger charge is 2.20. The van der Waals surface area contributed by atoms with Gasteiger partial charge in [-0.05, 0) is 12.8 Å². The second-order valence-electron chi connectivity index (χ2n) is 2.71. The number of hydrogen-bond donors (Lipinski definition) is 1. The highest BCUT2D eigenvalue weighted by molar-refractivity contribution is 7.80. The highest BCUT2D eigenvalue weighted by Crippen LogP contribution is 2.19. The predicted molar refractivity (Wildman–Crippen MR) is 48.3 cm³/mol. The van der Waals surface area contributed by atoms with Gasteiger partial charge in [0.05, 0.1) is 5.37 Å². The first-order valence-corrected chi connectivity index (χ1v) is 4.39. The second-order valence-corrected chi connectivity index (χ2v) is 3.31. The first kappa shape index (κ1) is 8.65. The molecular weight excluding hydrogens is 158 g/mol. The Labute approximate surface area is 72.7 Å². The summed E-state index contributed by atoms with van der Waals surface area (Å²) in [6, 6.07) is 0. The fourth-order valence-corrected chi connectivity index (χ4v) is 1.67. The number of thiol groups is 1. The summed E-state index contributed by atoms with van der Waals surface area (Å²) >= 11 is 4.30. The zero-order valence-corrected chi connectivity index (χ0v) is 7.39. The van der Waals surface area contributed by atoms with Crippen LogP contribution < -0.4 is 0 Å². The van der Waals surface area contributed by atoms with E-state index in [4.69, 9.17) is 0 Å². The van der Waals surface area contributed by atoms with E-state index in [1.807, 2.05) is 0 Å². The van der Waals surface area contributed by atoms with Gasteiger partial charge in [-0.3, -0.25) is 4.79 Å². The van der Waals surface area contributed by atoms with Crippen molar-refractivity contribution in [2.45, 2.75) is 31.1 Å². The van der Waals surface area contributed by atoms with Gasteiger partial charge in [-0.15, -0.1) is 0 Å². The number of carbonyl (C=O) groups is 1. The standard InChI is InChI=1S/C8H13NOS/c1-2-9-7(10)5-3-4-6-8(9)11/h2,8,11H,1,3-6H2. The van der Waals surface area contributed by atoms with Crippen LogP contribution in [0.2, 0.25) is 0 Å². The lowest BCUT2D eigenvalue weighted by atomic mass is 10.2. The van der Waals surface area contributed by atoms with Gasteiger partial charge in [0.15, 0.2) is 0 Å². The van der Waals surface area contributed by atoms with Crippen LogP contribution in [0.25, 0.3) is 0 Å². The highest BCUT2D eigenvalue weighted by atomic mass is 32.1. The number of amides is 1. The summed E-state index contributed by atoms with van der Waals surface area (Å²) < 4.78 is 0. The second kappa shape index (κ2) is 3.81. The normalized spacial score (nSPS) is 26.5. The Morgan fingerprint density at radius 3 is 3.00 bits per heavy atom. The van der Waals surface area contributed by atoms with Gasteiger partial charge in [0.25, 0.3) is 0 Å². The van der Waals surface area contributed by atoms with Crippen molar-refractivity contribution in [2.24, 2.45) is 0 Å². The van der Waals surface area contributed by atoms with Crippen LogP contribution in [0.3, 0.4) is 0 Å². The summed E-state index contributed by atoms with van der Waals surface area (Å²) in [7, 11) is 0. The average molecular weight is 171 g/mol. The molecule has 0 bridgehead atoms. The minimum atomic E-state index is 0.0440.